The van der Waals surface area contributed by atoms with Crippen LogP contribution < -0.4 is 15.3 Å². The fourth-order valence-electron chi connectivity index (χ4n) is 4.10. The second-order valence-electron chi connectivity index (χ2n) is 7.79. The molecule has 148 valence electrons. The molecule has 2 N–H and O–H groups in total. The van der Waals surface area contributed by atoms with Gasteiger partial charge in [0.25, 0.3) is 0 Å². The van der Waals surface area contributed by atoms with Crippen molar-refractivity contribution >= 4 is 23.0 Å². The molecule has 0 bridgehead atoms. The van der Waals surface area contributed by atoms with Crippen molar-refractivity contribution in [1.29, 1.82) is 0 Å². The van der Waals surface area contributed by atoms with Gasteiger partial charge >= 0.3 is 0 Å². The summed E-state index contributed by atoms with van der Waals surface area (Å²) in [6, 6.07) is 19.2. The minimum Gasteiger partial charge on any atom is -0.372 e. The van der Waals surface area contributed by atoms with Crippen molar-refractivity contribution in [3.63, 3.8) is 0 Å². The van der Waals surface area contributed by atoms with E-state index in [0.717, 1.165) is 42.4 Å². The topological polar surface area (TPSA) is 59.6 Å². The molecule has 3 aromatic rings. The van der Waals surface area contributed by atoms with Crippen LogP contribution in [0, 0.1) is 6.92 Å². The fourth-order valence-corrected chi connectivity index (χ4v) is 4.10. The molecule has 0 atom stereocenters. The monoisotopic (exact) mass is 386 g/mol. The predicted molar refractivity (Wildman–Crippen MR) is 118 cm³/mol. The van der Waals surface area contributed by atoms with Crippen molar-refractivity contribution < 1.29 is 0 Å². The third-order valence-electron chi connectivity index (χ3n) is 5.64. The molecular weight excluding hydrogens is 360 g/mol. The van der Waals surface area contributed by atoms with E-state index in [1.54, 1.807) is 0 Å². The maximum Gasteiger partial charge on any atom is 0.176 e. The first-order valence-electron chi connectivity index (χ1n) is 10.3. The van der Waals surface area contributed by atoms with Gasteiger partial charge in [-0.05, 0) is 56.0 Å². The highest BCUT2D eigenvalue weighted by Crippen LogP contribution is 2.27. The van der Waals surface area contributed by atoms with Crippen LogP contribution in [0.1, 0.15) is 36.1 Å². The lowest BCUT2D eigenvalue weighted by Crippen LogP contribution is -2.46. The molecular formula is C23H26N6. The van der Waals surface area contributed by atoms with E-state index in [2.05, 4.69) is 74.1 Å². The largest absolute Gasteiger partial charge is 0.372 e. The molecule has 0 unspecified atom stereocenters. The lowest BCUT2D eigenvalue weighted by atomic mass is 10.0. The first-order chi connectivity index (χ1) is 14.3. The van der Waals surface area contributed by atoms with Crippen molar-refractivity contribution in [2.75, 3.05) is 23.0 Å². The van der Waals surface area contributed by atoms with Crippen LogP contribution in [0.15, 0.2) is 59.6 Å². The molecule has 2 aliphatic rings. The molecule has 0 spiro atoms. The number of aromatic nitrogens is 2. The molecule has 0 saturated carbocycles. The number of H-pyrrole nitrogens is 1. The van der Waals surface area contributed by atoms with Gasteiger partial charge in [-0.2, -0.15) is 5.10 Å². The highest BCUT2D eigenvalue weighted by molar-refractivity contribution is 6.03. The second kappa shape index (κ2) is 7.62. The zero-order chi connectivity index (χ0) is 19.6. The minimum absolute atomic E-state index is 0.682. The van der Waals surface area contributed by atoms with Gasteiger partial charge < -0.3 is 4.90 Å². The molecule has 1 saturated heterocycles. The first-order valence-corrected chi connectivity index (χ1v) is 10.3. The van der Waals surface area contributed by atoms with Crippen molar-refractivity contribution in [2.45, 2.75) is 32.7 Å². The van der Waals surface area contributed by atoms with Crippen LogP contribution in [0.2, 0.25) is 0 Å². The zero-order valence-electron chi connectivity index (χ0n) is 16.7. The minimum atomic E-state index is 0.682. The van der Waals surface area contributed by atoms with Gasteiger partial charge in [-0.1, -0.05) is 24.3 Å². The fraction of sp³-hybridized carbons (Fsp3) is 0.304. The van der Waals surface area contributed by atoms with Crippen LogP contribution in [-0.2, 0) is 6.54 Å². The number of rotatable bonds is 3. The van der Waals surface area contributed by atoms with Crippen molar-refractivity contribution in [3.05, 3.63) is 71.4 Å². The molecule has 6 nitrogen and oxygen atoms in total. The summed E-state index contributed by atoms with van der Waals surface area (Å²) in [6.07, 6.45) is 3.93. The molecule has 2 aromatic carbocycles. The van der Waals surface area contributed by atoms with E-state index in [1.165, 1.54) is 30.5 Å². The predicted octanol–water partition coefficient (Wildman–Crippen LogP) is 4.31. The molecule has 2 aliphatic heterocycles. The molecule has 5 rings (SSSR count). The Morgan fingerprint density at radius 3 is 2.45 bits per heavy atom. The first kappa shape index (κ1) is 17.8. The number of hydrogen-bond acceptors (Lipinski definition) is 4. The molecule has 29 heavy (non-hydrogen) atoms. The summed E-state index contributed by atoms with van der Waals surface area (Å²) < 4.78 is 0. The van der Waals surface area contributed by atoms with Crippen LogP contribution in [0.4, 0.5) is 17.2 Å². The van der Waals surface area contributed by atoms with Gasteiger partial charge in [0.15, 0.2) is 11.7 Å². The number of benzene rings is 2. The molecule has 3 heterocycles. The number of hydrazine groups is 1. The van der Waals surface area contributed by atoms with Gasteiger partial charge in [0.1, 0.15) is 0 Å². The summed E-state index contributed by atoms with van der Waals surface area (Å²) >= 11 is 0. The van der Waals surface area contributed by atoms with Gasteiger partial charge in [-0.3, -0.25) is 15.5 Å². The van der Waals surface area contributed by atoms with Gasteiger partial charge in [0.2, 0.25) is 0 Å². The molecule has 1 fully saturated rings. The Kier molecular flexibility index (Phi) is 4.68. The highest BCUT2D eigenvalue weighted by Gasteiger charge is 2.22. The maximum atomic E-state index is 4.76. The third kappa shape index (κ3) is 3.70. The summed E-state index contributed by atoms with van der Waals surface area (Å²) in [5.41, 5.74) is 9.31. The average molecular weight is 387 g/mol. The van der Waals surface area contributed by atoms with Crippen molar-refractivity contribution in [3.8, 4) is 0 Å². The molecule has 0 amide bonds. The number of amidine groups is 1. The zero-order valence-corrected chi connectivity index (χ0v) is 16.7. The number of fused-ring (bicyclic) bond motifs is 1. The second-order valence-corrected chi connectivity index (χ2v) is 7.79. The summed E-state index contributed by atoms with van der Waals surface area (Å²) in [6.45, 7) is 5.09. The van der Waals surface area contributed by atoms with Crippen LogP contribution in [0.5, 0.6) is 0 Å². The maximum absolute atomic E-state index is 4.76. The quantitative estimate of drug-likeness (QED) is 0.704. The summed E-state index contributed by atoms with van der Waals surface area (Å²) in [4.78, 5) is 7.25. The Hall–Kier alpha value is -3.28. The highest BCUT2D eigenvalue weighted by atomic mass is 15.5. The van der Waals surface area contributed by atoms with Gasteiger partial charge in [0.05, 0.1) is 12.2 Å². The van der Waals surface area contributed by atoms with Crippen molar-refractivity contribution in [1.82, 2.24) is 15.6 Å². The number of aromatic amines is 1. The Labute approximate surface area is 171 Å². The Morgan fingerprint density at radius 2 is 1.69 bits per heavy atom. The number of hydrogen-bond donors (Lipinski definition) is 2. The number of aryl methyl sites for hydroxylation is 1. The lowest BCUT2D eigenvalue weighted by molar-refractivity contribution is 0.578. The molecule has 6 heteroatoms. The summed E-state index contributed by atoms with van der Waals surface area (Å²) in [7, 11) is 0. The van der Waals surface area contributed by atoms with Crippen LogP contribution in [0.25, 0.3) is 0 Å². The van der Waals surface area contributed by atoms with Crippen LogP contribution >= 0.6 is 0 Å². The van der Waals surface area contributed by atoms with E-state index in [0.29, 0.717) is 5.82 Å². The Morgan fingerprint density at radius 1 is 0.931 bits per heavy atom. The van der Waals surface area contributed by atoms with E-state index in [4.69, 9.17) is 4.99 Å². The number of nitrogens with zero attached hydrogens (tertiary/aromatic N) is 4. The van der Waals surface area contributed by atoms with Gasteiger partial charge in [-0.25, -0.2) is 4.99 Å². The SMILES string of the molecule is Cc1cc(N=C2NN(c3ccc(N4CCCCC4)cc3)Cc3ccccc32)n[nH]1. The number of aliphatic imine (C=N–C) groups is 1. The number of nitrogens with one attached hydrogen (secondary N) is 2. The van der Waals surface area contributed by atoms with Crippen molar-refractivity contribution in [2.24, 2.45) is 4.99 Å². The smallest absolute Gasteiger partial charge is 0.176 e. The van der Waals surface area contributed by atoms with Gasteiger partial charge in [-0.15, -0.1) is 0 Å². The summed E-state index contributed by atoms with van der Waals surface area (Å²) in [5, 5.41) is 9.38. The Bertz CT molecular complexity index is 1010. The number of piperidine rings is 1. The molecule has 0 radical (unpaired) electrons. The normalized spacial score (nSPS) is 17.9. The molecule has 1 aromatic heterocycles. The number of anilines is 2. The van der Waals surface area contributed by atoms with Crippen LogP contribution in [-0.4, -0.2) is 29.1 Å². The van der Waals surface area contributed by atoms with Gasteiger partial charge in [0, 0.05) is 36.1 Å². The van der Waals surface area contributed by atoms with E-state index in [1.807, 2.05) is 13.0 Å². The van der Waals surface area contributed by atoms with E-state index >= 15 is 0 Å². The average Bonchev–Trinajstić information content (AvgIpc) is 3.19. The third-order valence-corrected chi connectivity index (χ3v) is 5.64. The standard InChI is InChI=1S/C23H26N6/c1-17-15-22(26-25-17)24-23-21-8-4-3-7-18(21)16-29(27-23)20-11-9-19(10-12-20)28-13-5-2-6-14-28/h3-4,7-12,15H,2,5-6,13-14,16H2,1H3,(H2,24,25,26,27). The molecule has 0 aliphatic carbocycles. The van der Waals surface area contributed by atoms with E-state index in [9.17, 15) is 0 Å². The van der Waals surface area contributed by atoms with E-state index in [-0.39, 0.29) is 0 Å². The van der Waals surface area contributed by atoms with E-state index < -0.39 is 0 Å². The summed E-state index contributed by atoms with van der Waals surface area (Å²) in [5.74, 6) is 1.50. The van der Waals surface area contributed by atoms with Crippen LogP contribution in [0.3, 0.4) is 0 Å². The lowest BCUT2D eigenvalue weighted by Gasteiger charge is -2.33. The Balaban J connectivity index is 1.43.